The van der Waals surface area contributed by atoms with Crippen molar-refractivity contribution >= 4 is 34.9 Å². The molecule has 2 aromatic heterocycles. The van der Waals surface area contributed by atoms with Gasteiger partial charge in [-0.15, -0.1) is 5.10 Å². The maximum Gasteiger partial charge on any atom is 0.276 e. The van der Waals surface area contributed by atoms with Crippen LogP contribution in [0.3, 0.4) is 0 Å². The third kappa shape index (κ3) is 5.61. The molecule has 0 saturated heterocycles. The van der Waals surface area contributed by atoms with E-state index in [0.29, 0.717) is 10.7 Å². The Morgan fingerprint density at radius 1 is 1.17 bits per heavy atom. The third-order valence-corrected chi connectivity index (χ3v) is 4.89. The zero-order valence-electron chi connectivity index (χ0n) is 16.9. The summed E-state index contributed by atoms with van der Waals surface area (Å²) in [6.45, 7) is 5.83. The zero-order valence-corrected chi connectivity index (χ0v) is 18.4. The maximum absolute atomic E-state index is 13.4. The Morgan fingerprint density at radius 2 is 1.90 bits per heavy atom. The molecule has 3 rings (SSSR count). The lowest BCUT2D eigenvalue weighted by Crippen LogP contribution is -2.49. The molecular weight excluding hydrogens is 422 g/mol. The number of aromatic nitrogens is 3. The van der Waals surface area contributed by atoms with Crippen LogP contribution < -0.4 is 5.32 Å². The van der Waals surface area contributed by atoms with Crippen LogP contribution in [0.25, 0.3) is 0 Å². The highest BCUT2D eigenvalue weighted by Crippen LogP contribution is 2.25. The lowest BCUT2D eigenvalue weighted by molar-refractivity contribution is -0.127. The molecule has 2 heterocycles. The van der Waals surface area contributed by atoms with Gasteiger partial charge in [0.25, 0.3) is 5.91 Å². The Kier molecular flexibility index (Phi) is 6.79. The van der Waals surface area contributed by atoms with Crippen molar-refractivity contribution in [1.29, 1.82) is 0 Å². The average Bonchev–Trinajstić information content (AvgIpc) is 3.23. The molecule has 9 heteroatoms. The molecule has 0 fully saturated rings. The van der Waals surface area contributed by atoms with Crippen LogP contribution in [0, 0.1) is 0 Å². The van der Waals surface area contributed by atoms with Crippen molar-refractivity contribution in [2.75, 3.05) is 0 Å². The van der Waals surface area contributed by atoms with Crippen LogP contribution in [0.5, 0.6) is 0 Å². The van der Waals surface area contributed by atoms with E-state index < -0.39 is 17.5 Å². The Labute approximate surface area is 184 Å². The summed E-state index contributed by atoms with van der Waals surface area (Å²) in [4.78, 5) is 32.5. The minimum absolute atomic E-state index is 0.173. The summed E-state index contributed by atoms with van der Waals surface area (Å²) in [6, 6.07) is 11.5. The van der Waals surface area contributed by atoms with Crippen molar-refractivity contribution in [3.05, 3.63) is 76.0 Å². The standard InChI is InChI=1S/C21H22ClN5O2S/c1-21(2,3)24-19(28)18(16-6-4-5-11-23-16)27(20(29)17-13-30-26-25-17)12-14-7-9-15(22)10-8-14/h4-11,13,18H,12H2,1-3H3,(H,24,28)/t18-/m0/s1. The van der Waals surface area contributed by atoms with Gasteiger partial charge in [0.1, 0.15) is 0 Å². The largest absolute Gasteiger partial charge is 0.349 e. The molecule has 2 amide bonds. The van der Waals surface area contributed by atoms with E-state index in [1.165, 1.54) is 4.90 Å². The van der Waals surface area contributed by atoms with Gasteiger partial charge >= 0.3 is 0 Å². The summed E-state index contributed by atoms with van der Waals surface area (Å²) in [6.07, 6.45) is 1.60. The summed E-state index contributed by atoms with van der Waals surface area (Å²) in [5, 5.41) is 9.03. The fraction of sp³-hybridized carbons (Fsp3) is 0.286. The molecule has 1 N–H and O–H groups in total. The van der Waals surface area contributed by atoms with Gasteiger partial charge in [0.15, 0.2) is 11.7 Å². The van der Waals surface area contributed by atoms with E-state index in [9.17, 15) is 9.59 Å². The highest BCUT2D eigenvalue weighted by Gasteiger charge is 2.35. The molecule has 0 aliphatic rings. The third-order valence-electron chi connectivity index (χ3n) is 4.13. The van der Waals surface area contributed by atoms with Crippen molar-refractivity contribution in [1.82, 2.24) is 24.8 Å². The molecule has 0 radical (unpaired) electrons. The predicted octanol–water partition coefficient (Wildman–Crippen LogP) is 3.88. The fourth-order valence-electron chi connectivity index (χ4n) is 2.88. The van der Waals surface area contributed by atoms with Gasteiger partial charge in [0, 0.05) is 28.7 Å². The van der Waals surface area contributed by atoms with Crippen LogP contribution in [0.15, 0.2) is 54.0 Å². The number of carbonyl (C=O) groups excluding carboxylic acids is 2. The smallest absolute Gasteiger partial charge is 0.276 e. The minimum Gasteiger partial charge on any atom is -0.349 e. The number of halogens is 1. The summed E-state index contributed by atoms with van der Waals surface area (Å²) in [5.74, 6) is -0.731. The van der Waals surface area contributed by atoms with Gasteiger partial charge in [-0.1, -0.05) is 34.3 Å². The van der Waals surface area contributed by atoms with Crippen molar-refractivity contribution in [3.63, 3.8) is 0 Å². The molecule has 0 aliphatic heterocycles. The molecule has 7 nitrogen and oxygen atoms in total. The number of benzene rings is 1. The lowest BCUT2D eigenvalue weighted by atomic mass is 10.0. The fourth-order valence-corrected chi connectivity index (χ4v) is 3.44. The monoisotopic (exact) mass is 443 g/mol. The SMILES string of the molecule is CC(C)(C)NC(=O)[C@H](c1ccccn1)N(Cc1ccc(Cl)cc1)C(=O)c1csnn1. The second-order valence-corrected chi connectivity index (χ2v) is 8.79. The number of nitrogens with one attached hydrogen (secondary N) is 1. The second kappa shape index (κ2) is 9.32. The Morgan fingerprint density at radius 3 is 2.47 bits per heavy atom. The van der Waals surface area contributed by atoms with Crippen LogP contribution in [-0.2, 0) is 11.3 Å². The Hall–Kier alpha value is -2.84. The van der Waals surface area contributed by atoms with Gasteiger partial charge in [0.2, 0.25) is 5.91 Å². The van der Waals surface area contributed by atoms with Gasteiger partial charge in [-0.3, -0.25) is 14.6 Å². The number of pyridine rings is 1. The lowest BCUT2D eigenvalue weighted by Gasteiger charge is -2.32. The summed E-state index contributed by atoms with van der Waals surface area (Å²) < 4.78 is 3.79. The molecule has 3 aromatic rings. The van der Waals surface area contributed by atoms with E-state index in [4.69, 9.17) is 11.6 Å². The molecule has 0 saturated carbocycles. The van der Waals surface area contributed by atoms with Crippen LogP contribution in [0.4, 0.5) is 0 Å². The highest BCUT2D eigenvalue weighted by molar-refractivity contribution is 7.03. The van der Waals surface area contributed by atoms with Gasteiger partial charge < -0.3 is 10.2 Å². The number of carbonyl (C=O) groups is 2. The zero-order chi connectivity index (χ0) is 21.7. The van der Waals surface area contributed by atoms with Crippen LogP contribution in [-0.4, -0.2) is 36.8 Å². The van der Waals surface area contributed by atoms with Gasteiger partial charge in [-0.25, -0.2) is 0 Å². The van der Waals surface area contributed by atoms with Crippen molar-refractivity contribution < 1.29 is 9.59 Å². The van der Waals surface area contributed by atoms with E-state index in [0.717, 1.165) is 17.1 Å². The molecule has 156 valence electrons. The first-order valence-electron chi connectivity index (χ1n) is 9.30. The topological polar surface area (TPSA) is 88.1 Å². The van der Waals surface area contributed by atoms with Crippen LogP contribution in [0.1, 0.15) is 48.6 Å². The van der Waals surface area contributed by atoms with Gasteiger partial charge in [-0.2, -0.15) is 0 Å². The molecule has 1 aromatic carbocycles. The van der Waals surface area contributed by atoms with Crippen molar-refractivity contribution in [2.24, 2.45) is 0 Å². The molecule has 0 spiro atoms. The highest BCUT2D eigenvalue weighted by atomic mass is 35.5. The normalized spacial score (nSPS) is 12.3. The van der Waals surface area contributed by atoms with E-state index in [1.807, 2.05) is 32.9 Å². The Bertz CT molecular complexity index is 988. The first-order chi connectivity index (χ1) is 14.2. The maximum atomic E-state index is 13.4. The number of hydrogen-bond donors (Lipinski definition) is 1. The van der Waals surface area contributed by atoms with E-state index >= 15 is 0 Å². The first-order valence-corrected chi connectivity index (χ1v) is 10.5. The molecular formula is C21H22ClN5O2S. The summed E-state index contributed by atoms with van der Waals surface area (Å²) in [5.41, 5.74) is 0.977. The van der Waals surface area contributed by atoms with Gasteiger partial charge in [-0.05, 0) is 62.1 Å². The molecule has 0 unspecified atom stereocenters. The Balaban J connectivity index is 2.06. The minimum atomic E-state index is -0.949. The molecule has 30 heavy (non-hydrogen) atoms. The molecule has 1 atom stereocenters. The molecule has 0 aliphatic carbocycles. The van der Waals surface area contributed by atoms with Crippen molar-refractivity contribution in [2.45, 2.75) is 38.9 Å². The summed E-state index contributed by atoms with van der Waals surface area (Å²) in [7, 11) is 0. The second-order valence-electron chi connectivity index (χ2n) is 7.75. The molecule has 0 bridgehead atoms. The van der Waals surface area contributed by atoms with E-state index in [2.05, 4.69) is 19.9 Å². The van der Waals surface area contributed by atoms with E-state index in [-0.39, 0.29) is 18.1 Å². The van der Waals surface area contributed by atoms with Gasteiger partial charge in [0.05, 0.1) is 5.69 Å². The quantitative estimate of drug-likeness (QED) is 0.624. The number of nitrogens with zero attached hydrogens (tertiary/aromatic N) is 4. The average molecular weight is 444 g/mol. The number of amides is 2. The predicted molar refractivity (Wildman–Crippen MR) is 116 cm³/mol. The summed E-state index contributed by atoms with van der Waals surface area (Å²) >= 11 is 7.08. The number of rotatable bonds is 6. The van der Waals surface area contributed by atoms with Crippen LogP contribution in [0.2, 0.25) is 5.02 Å². The van der Waals surface area contributed by atoms with E-state index in [1.54, 1.807) is 41.9 Å². The first kappa shape index (κ1) is 21.9. The van der Waals surface area contributed by atoms with Crippen LogP contribution >= 0.6 is 23.1 Å². The van der Waals surface area contributed by atoms with Crippen molar-refractivity contribution in [3.8, 4) is 0 Å². The number of hydrogen-bond acceptors (Lipinski definition) is 6.